The van der Waals surface area contributed by atoms with Gasteiger partial charge in [-0.05, 0) is 20.3 Å². The van der Waals surface area contributed by atoms with Crippen LogP contribution in [0.3, 0.4) is 0 Å². The molecule has 0 aliphatic heterocycles. The highest BCUT2D eigenvalue weighted by molar-refractivity contribution is 5.78. The molecule has 6 nitrogen and oxygen atoms in total. The molecule has 0 fully saturated rings. The van der Waals surface area contributed by atoms with E-state index in [2.05, 4.69) is 10.4 Å². The van der Waals surface area contributed by atoms with E-state index in [4.69, 9.17) is 10.5 Å². The van der Waals surface area contributed by atoms with Gasteiger partial charge in [-0.25, -0.2) is 0 Å². The number of amides is 1. The van der Waals surface area contributed by atoms with E-state index in [9.17, 15) is 4.79 Å². The van der Waals surface area contributed by atoms with Crippen molar-refractivity contribution in [1.29, 1.82) is 0 Å². The molecule has 3 N–H and O–H groups in total. The van der Waals surface area contributed by atoms with Crippen molar-refractivity contribution < 1.29 is 9.53 Å². The second-order valence-corrected chi connectivity index (χ2v) is 4.59. The van der Waals surface area contributed by atoms with E-state index in [1.54, 1.807) is 11.8 Å². The number of carbonyl (C=O) groups excluding carboxylic acids is 1. The predicted octanol–water partition coefficient (Wildman–Crippen LogP) is 0.672. The maximum absolute atomic E-state index is 11.4. The number of hydrogen-bond donors (Lipinski definition) is 2. The third kappa shape index (κ3) is 3.78. The van der Waals surface area contributed by atoms with Gasteiger partial charge in [0.1, 0.15) is 6.04 Å². The molecule has 0 radical (unpaired) electrons. The van der Waals surface area contributed by atoms with E-state index in [0.29, 0.717) is 13.0 Å². The summed E-state index contributed by atoms with van der Waals surface area (Å²) in [5.74, 6) is -0.341. The van der Waals surface area contributed by atoms with E-state index >= 15 is 0 Å². The van der Waals surface area contributed by atoms with Crippen LogP contribution >= 0.6 is 0 Å². The van der Waals surface area contributed by atoms with Gasteiger partial charge in [-0.1, -0.05) is 6.92 Å². The first-order valence-electron chi connectivity index (χ1n) is 6.56. The average Bonchev–Trinajstić information content (AvgIpc) is 2.62. The van der Waals surface area contributed by atoms with Crippen LogP contribution in [0.4, 0.5) is 0 Å². The molecular formula is C13H24N4O2. The molecule has 0 spiro atoms. The van der Waals surface area contributed by atoms with Gasteiger partial charge >= 0.3 is 0 Å². The molecule has 1 amide bonds. The Labute approximate surface area is 114 Å². The molecule has 0 aliphatic carbocycles. The van der Waals surface area contributed by atoms with Gasteiger partial charge in [-0.2, -0.15) is 5.10 Å². The minimum atomic E-state index is -0.369. The number of nitrogens with two attached hydrogens (primary N) is 1. The highest BCUT2D eigenvalue weighted by Gasteiger charge is 2.21. The number of ether oxygens (including phenoxy) is 1. The summed E-state index contributed by atoms with van der Waals surface area (Å²) in [7, 11) is 1.68. The molecule has 1 unspecified atom stereocenters. The zero-order valence-electron chi connectivity index (χ0n) is 12.2. The predicted molar refractivity (Wildman–Crippen MR) is 73.8 cm³/mol. The van der Waals surface area contributed by atoms with Gasteiger partial charge < -0.3 is 15.8 Å². The Morgan fingerprint density at radius 3 is 2.74 bits per heavy atom. The molecule has 1 rings (SSSR count). The number of nitrogens with one attached hydrogen (secondary N) is 1. The van der Waals surface area contributed by atoms with E-state index in [-0.39, 0.29) is 11.9 Å². The van der Waals surface area contributed by atoms with Crippen molar-refractivity contribution in [3.05, 3.63) is 17.0 Å². The van der Waals surface area contributed by atoms with Crippen molar-refractivity contribution in [2.75, 3.05) is 20.3 Å². The van der Waals surface area contributed by atoms with Crippen LogP contribution in [0.1, 0.15) is 36.3 Å². The summed E-state index contributed by atoms with van der Waals surface area (Å²) in [6, 6.07) is -0.369. The first-order chi connectivity index (χ1) is 9.02. The second-order valence-electron chi connectivity index (χ2n) is 4.59. The van der Waals surface area contributed by atoms with Gasteiger partial charge in [0.15, 0.2) is 0 Å². The van der Waals surface area contributed by atoms with Crippen LogP contribution in [0.2, 0.25) is 0 Å². The molecule has 1 aromatic rings. The fraction of sp³-hybridized carbons (Fsp3) is 0.692. The zero-order valence-corrected chi connectivity index (χ0v) is 12.2. The second kappa shape index (κ2) is 7.25. The van der Waals surface area contributed by atoms with Crippen LogP contribution in [0.5, 0.6) is 0 Å². The average molecular weight is 268 g/mol. The summed E-state index contributed by atoms with van der Waals surface area (Å²) in [6.45, 7) is 8.03. The Kier molecular flexibility index (Phi) is 5.98. The van der Waals surface area contributed by atoms with Crippen LogP contribution in [0.25, 0.3) is 0 Å². The SMILES string of the molecule is CCC(C(N)=O)n1nc(C)c(CNCCOC)c1C. The highest BCUT2D eigenvalue weighted by atomic mass is 16.5. The number of rotatable bonds is 8. The summed E-state index contributed by atoms with van der Waals surface area (Å²) in [5, 5.41) is 7.74. The van der Waals surface area contributed by atoms with Crippen molar-refractivity contribution in [2.45, 2.75) is 39.8 Å². The van der Waals surface area contributed by atoms with E-state index in [0.717, 1.165) is 30.0 Å². The lowest BCUT2D eigenvalue weighted by Crippen LogP contribution is -2.27. The Hall–Kier alpha value is -1.40. The van der Waals surface area contributed by atoms with Crippen molar-refractivity contribution in [3.63, 3.8) is 0 Å². The summed E-state index contributed by atoms with van der Waals surface area (Å²) < 4.78 is 6.73. The molecule has 1 atom stereocenters. The molecule has 0 saturated heterocycles. The lowest BCUT2D eigenvalue weighted by molar-refractivity contribution is -0.121. The normalized spacial score (nSPS) is 12.6. The van der Waals surface area contributed by atoms with Gasteiger partial charge in [0.25, 0.3) is 0 Å². The minimum absolute atomic E-state index is 0.341. The first-order valence-corrected chi connectivity index (χ1v) is 6.56. The van der Waals surface area contributed by atoms with Gasteiger partial charge in [-0.3, -0.25) is 9.48 Å². The quantitative estimate of drug-likeness (QED) is 0.679. The van der Waals surface area contributed by atoms with Gasteiger partial charge in [0, 0.05) is 31.5 Å². The van der Waals surface area contributed by atoms with E-state index in [1.165, 1.54) is 0 Å². The third-order valence-electron chi connectivity index (χ3n) is 3.27. The van der Waals surface area contributed by atoms with Crippen LogP contribution in [-0.2, 0) is 16.1 Å². The maximum Gasteiger partial charge on any atom is 0.242 e. The number of nitrogens with zero attached hydrogens (tertiary/aromatic N) is 2. The van der Waals surface area contributed by atoms with Gasteiger partial charge in [0.05, 0.1) is 12.3 Å². The first kappa shape index (κ1) is 15.7. The standard InChI is InChI=1S/C13H24N4O2/c1-5-12(13(14)18)17-10(3)11(9(2)16-17)8-15-6-7-19-4/h12,15H,5-8H2,1-4H3,(H2,14,18). The maximum atomic E-state index is 11.4. The molecule has 0 bridgehead atoms. The minimum Gasteiger partial charge on any atom is -0.383 e. The van der Waals surface area contributed by atoms with Crippen LogP contribution < -0.4 is 11.1 Å². The molecule has 0 aliphatic rings. The van der Waals surface area contributed by atoms with Crippen LogP contribution in [-0.4, -0.2) is 35.9 Å². The molecular weight excluding hydrogens is 244 g/mol. The smallest absolute Gasteiger partial charge is 0.242 e. The van der Waals surface area contributed by atoms with E-state index in [1.807, 2.05) is 20.8 Å². The van der Waals surface area contributed by atoms with Crippen molar-refractivity contribution in [1.82, 2.24) is 15.1 Å². The lowest BCUT2D eigenvalue weighted by atomic mass is 10.1. The molecule has 0 aromatic carbocycles. The van der Waals surface area contributed by atoms with Gasteiger partial charge in [0.2, 0.25) is 5.91 Å². The number of aromatic nitrogens is 2. The third-order valence-corrected chi connectivity index (χ3v) is 3.27. The number of methoxy groups -OCH3 is 1. The molecule has 6 heteroatoms. The Morgan fingerprint density at radius 1 is 1.53 bits per heavy atom. The number of hydrogen-bond acceptors (Lipinski definition) is 4. The fourth-order valence-electron chi connectivity index (χ4n) is 2.14. The summed E-state index contributed by atoms with van der Waals surface area (Å²) in [5.41, 5.74) is 8.46. The van der Waals surface area contributed by atoms with Crippen molar-refractivity contribution in [2.24, 2.45) is 5.73 Å². The fourth-order valence-corrected chi connectivity index (χ4v) is 2.14. The summed E-state index contributed by atoms with van der Waals surface area (Å²) in [4.78, 5) is 11.4. The molecule has 1 aromatic heterocycles. The lowest BCUT2D eigenvalue weighted by Gasteiger charge is -2.14. The summed E-state index contributed by atoms with van der Waals surface area (Å²) in [6.07, 6.45) is 0.647. The molecule has 108 valence electrons. The Balaban J connectivity index is 2.84. The number of aryl methyl sites for hydroxylation is 1. The Morgan fingerprint density at radius 2 is 2.21 bits per heavy atom. The molecule has 1 heterocycles. The van der Waals surface area contributed by atoms with Crippen molar-refractivity contribution in [3.8, 4) is 0 Å². The van der Waals surface area contributed by atoms with Crippen LogP contribution in [0.15, 0.2) is 0 Å². The highest BCUT2D eigenvalue weighted by Crippen LogP contribution is 2.19. The zero-order chi connectivity index (χ0) is 14.4. The van der Waals surface area contributed by atoms with Crippen molar-refractivity contribution >= 4 is 5.91 Å². The molecule has 0 saturated carbocycles. The topological polar surface area (TPSA) is 82.2 Å². The van der Waals surface area contributed by atoms with Crippen LogP contribution in [0, 0.1) is 13.8 Å². The number of carbonyl (C=O) groups is 1. The Bertz CT molecular complexity index is 429. The molecule has 19 heavy (non-hydrogen) atoms. The largest absolute Gasteiger partial charge is 0.383 e. The van der Waals surface area contributed by atoms with E-state index < -0.39 is 0 Å². The number of primary amides is 1. The summed E-state index contributed by atoms with van der Waals surface area (Å²) >= 11 is 0. The van der Waals surface area contributed by atoms with Gasteiger partial charge in [-0.15, -0.1) is 0 Å². The monoisotopic (exact) mass is 268 g/mol.